The Hall–Kier alpha value is -2.86. The molecule has 1 aliphatic heterocycles. The van der Waals surface area contributed by atoms with Crippen LogP contribution in [0.5, 0.6) is 11.5 Å². The zero-order valence-electron chi connectivity index (χ0n) is 12.7. The normalized spacial score (nSPS) is 12.7. The lowest BCUT2D eigenvalue weighted by atomic mass is 10.1. The van der Waals surface area contributed by atoms with Gasteiger partial charge in [0, 0.05) is 11.8 Å². The summed E-state index contributed by atoms with van der Waals surface area (Å²) in [7, 11) is 0. The summed E-state index contributed by atoms with van der Waals surface area (Å²) in [5, 5.41) is 2.87. The third-order valence-corrected chi connectivity index (χ3v) is 4.49. The first-order chi connectivity index (χ1) is 11.8. The standard InChI is InChI=1S/C18H14N2O3S/c21-18(16-17(24-11-19-16)12-4-2-1-3-5-12)20-13-6-7-14-15(10-13)23-9-8-22-14/h1-7,10-11H,8-9H2,(H,20,21). The van der Waals surface area contributed by atoms with Gasteiger partial charge in [-0.15, -0.1) is 11.3 Å². The van der Waals surface area contributed by atoms with E-state index >= 15 is 0 Å². The molecule has 0 bridgehead atoms. The first-order valence-electron chi connectivity index (χ1n) is 7.51. The Labute approximate surface area is 142 Å². The average molecular weight is 338 g/mol. The van der Waals surface area contributed by atoms with E-state index in [1.54, 1.807) is 23.7 Å². The Morgan fingerprint density at radius 1 is 1.04 bits per heavy atom. The second-order valence-corrected chi connectivity index (χ2v) is 6.06. The molecule has 1 aromatic heterocycles. The summed E-state index contributed by atoms with van der Waals surface area (Å²) < 4.78 is 11.0. The summed E-state index contributed by atoms with van der Waals surface area (Å²) in [5.41, 5.74) is 3.73. The molecule has 120 valence electrons. The highest BCUT2D eigenvalue weighted by atomic mass is 32.1. The molecule has 4 rings (SSSR count). The van der Waals surface area contributed by atoms with E-state index in [1.807, 2.05) is 30.3 Å². The molecule has 1 amide bonds. The van der Waals surface area contributed by atoms with Gasteiger partial charge in [-0.3, -0.25) is 4.79 Å². The molecule has 3 aromatic rings. The lowest BCUT2D eigenvalue weighted by molar-refractivity contribution is 0.102. The van der Waals surface area contributed by atoms with E-state index in [4.69, 9.17) is 9.47 Å². The van der Waals surface area contributed by atoms with E-state index in [0.717, 1.165) is 10.4 Å². The van der Waals surface area contributed by atoms with Crippen LogP contribution in [-0.4, -0.2) is 24.1 Å². The van der Waals surface area contributed by atoms with Gasteiger partial charge in [0.2, 0.25) is 0 Å². The Bertz CT molecular complexity index is 877. The Balaban J connectivity index is 1.58. The summed E-state index contributed by atoms with van der Waals surface area (Å²) >= 11 is 1.45. The number of nitrogens with zero attached hydrogens (tertiary/aromatic N) is 1. The zero-order valence-corrected chi connectivity index (χ0v) is 13.5. The van der Waals surface area contributed by atoms with Crippen molar-refractivity contribution >= 4 is 22.9 Å². The molecular weight excluding hydrogens is 324 g/mol. The maximum Gasteiger partial charge on any atom is 0.275 e. The zero-order chi connectivity index (χ0) is 16.4. The Morgan fingerprint density at radius 3 is 2.67 bits per heavy atom. The number of rotatable bonds is 3. The summed E-state index contributed by atoms with van der Waals surface area (Å²) in [6.45, 7) is 1.05. The van der Waals surface area contributed by atoms with Gasteiger partial charge < -0.3 is 14.8 Å². The lowest BCUT2D eigenvalue weighted by Gasteiger charge is -2.18. The van der Waals surface area contributed by atoms with Crippen LogP contribution in [0.1, 0.15) is 10.5 Å². The summed E-state index contributed by atoms with van der Waals surface area (Å²) in [6, 6.07) is 15.1. The molecule has 24 heavy (non-hydrogen) atoms. The van der Waals surface area contributed by atoms with Gasteiger partial charge >= 0.3 is 0 Å². The van der Waals surface area contributed by atoms with E-state index in [1.165, 1.54) is 11.3 Å². The van der Waals surface area contributed by atoms with Crippen molar-refractivity contribution in [1.82, 2.24) is 4.98 Å². The fraction of sp³-hybridized carbons (Fsp3) is 0.111. The van der Waals surface area contributed by atoms with E-state index in [9.17, 15) is 4.79 Å². The number of anilines is 1. The summed E-state index contributed by atoms with van der Waals surface area (Å²) in [6.07, 6.45) is 0. The fourth-order valence-corrected chi connectivity index (χ4v) is 3.31. The van der Waals surface area contributed by atoms with Crippen LogP contribution in [0.3, 0.4) is 0 Å². The van der Waals surface area contributed by atoms with Crippen LogP contribution >= 0.6 is 11.3 Å². The number of carbonyl (C=O) groups excluding carboxylic acids is 1. The van der Waals surface area contributed by atoms with Gasteiger partial charge in [-0.25, -0.2) is 4.98 Å². The fourth-order valence-electron chi connectivity index (χ4n) is 2.51. The van der Waals surface area contributed by atoms with Gasteiger partial charge in [0.1, 0.15) is 18.9 Å². The lowest BCUT2D eigenvalue weighted by Crippen LogP contribution is -2.16. The van der Waals surface area contributed by atoms with Gasteiger partial charge in [-0.2, -0.15) is 0 Å². The molecule has 2 aromatic carbocycles. The number of hydrogen-bond acceptors (Lipinski definition) is 5. The van der Waals surface area contributed by atoms with Crippen LogP contribution in [0.25, 0.3) is 10.4 Å². The van der Waals surface area contributed by atoms with Crippen molar-refractivity contribution in [1.29, 1.82) is 0 Å². The highest BCUT2D eigenvalue weighted by Crippen LogP contribution is 2.33. The Morgan fingerprint density at radius 2 is 1.83 bits per heavy atom. The number of carbonyl (C=O) groups is 1. The van der Waals surface area contributed by atoms with Crippen LogP contribution in [0, 0.1) is 0 Å². The highest BCUT2D eigenvalue weighted by molar-refractivity contribution is 7.13. The van der Waals surface area contributed by atoms with Gasteiger partial charge in [0.05, 0.1) is 10.4 Å². The van der Waals surface area contributed by atoms with Crippen LogP contribution in [-0.2, 0) is 0 Å². The minimum absolute atomic E-state index is 0.244. The molecule has 0 radical (unpaired) electrons. The number of benzene rings is 2. The highest BCUT2D eigenvalue weighted by Gasteiger charge is 2.18. The van der Waals surface area contributed by atoms with Crippen molar-refractivity contribution in [3.05, 3.63) is 59.7 Å². The van der Waals surface area contributed by atoms with Crippen molar-refractivity contribution in [2.24, 2.45) is 0 Å². The molecule has 0 saturated heterocycles. The largest absolute Gasteiger partial charge is 0.486 e. The van der Waals surface area contributed by atoms with Crippen molar-refractivity contribution in [2.75, 3.05) is 18.5 Å². The summed E-state index contributed by atoms with van der Waals surface area (Å²) in [4.78, 5) is 17.7. The van der Waals surface area contributed by atoms with Gasteiger partial charge in [0.15, 0.2) is 11.5 Å². The number of ether oxygens (including phenoxy) is 2. The van der Waals surface area contributed by atoms with Crippen LogP contribution in [0.4, 0.5) is 5.69 Å². The molecular formula is C18H14N2O3S. The van der Waals surface area contributed by atoms with Crippen LogP contribution in [0.15, 0.2) is 54.0 Å². The SMILES string of the molecule is O=C(Nc1ccc2c(c1)OCCO2)c1ncsc1-c1ccccc1. The molecule has 5 nitrogen and oxygen atoms in total. The second-order valence-electron chi connectivity index (χ2n) is 5.21. The third-order valence-electron chi connectivity index (χ3n) is 3.62. The molecule has 6 heteroatoms. The van der Waals surface area contributed by atoms with Crippen molar-refractivity contribution < 1.29 is 14.3 Å². The molecule has 0 fully saturated rings. The van der Waals surface area contributed by atoms with Crippen molar-refractivity contribution in [2.45, 2.75) is 0 Å². The number of nitrogens with one attached hydrogen (secondary N) is 1. The van der Waals surface area contributed by atoms with Crippen molar-refractivity contribution in [3.63, 3.8) is 0 Å². The second kappa shape index (κ2) is 6.33. The molecule has 0 unspecified atom stereocenters. The molecule has 2 heterocycles. The smallest absolute Gasteiger partial charge is 0.275 e. The maximum atomic E-state index is 12.6. The van der Waals surface area contributed by atoms with E-state index in [2.05, 4.69) is 10.3 Å². The van der Waals surface area contributed by atoms with Gasteiger partial charge in [-0.1, -0.05) is 30.3 Å². The molecule has 0 saturated carbocycles. The maximum absolute atomic E-state index is 12.6. The number of fused-ring (bicyclic) bond motifs is 1. The average Bonchev–Trinajstić information content (AvgIpc) is 3.12. The molecule has 1 N–H and O–H groups in total. The predicted molar refractivity (Wildman–Crippen MR) is 92.9 cm³/mol. The Kier molecular flexibility index (Phi) is 3.88. The van der Waals surface area contributed by atoms with Crippen LogP contribution < -0.4 is 14.8 Å². The first kappa shape index (κ1) is 14.7. The minimum Gasteiger partial charge on any atom is -0.486 e. The third kappa shape index (κ3) is 2.83. The summed E-state index contributed by atoms with van der Waals surface area (Å²) in [5.74, 6) is 1.09. The quantitative estimate of drug-likeness (QED) is 0.788. The molecule has 1 aliphatic rings. The van der Waals surface area contributed by atoms with Gasteiger partial charge in [0.25, 0.3) is 5.91 Å². The topological polar surface area (TPSA) is 60.5 Å². The predicted octanol–water partition coefficient (Wildman–Crippen LogP) is 3.83. The van der Waals surface area contributed by atoms with Gasteiger partial charge in [-0.05, 0) is 17.7 Å². The van der Waals surface area contributed by atoms with E-state index in [-0.39, 0.29) is 5.91 Å². The van der Waals surface area contributed by atoms with Crippen LogP contribution in [0.2, 0.25) is 0 Å². The minimum atomic E-state index is -0.244. The number of amides is 1. The first-order valence-corrected chi connectivity index (χ1v) is 8.39. The number of thiazole rings is 1. The molecule has 0 spiro atoms. The van der Waals surface area contributed by atoms with E-state index in [0.29, 0.717) is 36.1 Å². The van der Waals surface area contributed by atoms with Crippen molar-refractivity contribution in [3.8, 4) is 21.9 Å². The monoisotopic (exact) mass is 338 g/mol. The van der Waals surface area contributed by atoms with E-state index < -0.39 is 0 Å². The molecule has 0 aliphatic carbocycles. The molecule has 0 atom stereocenters. The number of hydrogen-bond donors (Lipinski definition) is 1. The number of aromatic nitrogens is 1.